The zero-order valence-electron chi connectivity index (χ0n) is 9.54. The smallest absolute Gasteiger partial charge is 0.148 e. The molecular weight excluding hydrogens is 268 g/mol. The zero-order valence-corrected chi connectivity index (χ0v) is 11.1. The van der Waals surface area contributed by atoms with Gasteiger partial charge in [0, 0.05) is 19.6 Å². The van der Waals surface area contributed by atoms with E-state index in [0.717, 1.165) is 35.7 Å². The Morgan fingerprint density at radius 3 is 2.75 bits per heavy atom. The van der Waals surface area contributed by atoms with Crippen LogP contribution in [0.4, 0.5) is 11.6 Å². The Bertz CT molecular complexity index is 350. The van der Waals surface area contributed by atoms with E-state index >= 15 is 0 Å². The number of nitrogens with one attached hydrogen (secondary N) is 1. The molecular formula is C11H17BrN4. The first-order valence-electron chi connectivity index (χ1n) is 5.82. The van der Waals surface area contributed by atoms with Gasteiger partial charge in [0.15, 0.2) is 0 Å². The number of nitrogens with zero attached hydrogens (tertiary/aromatic N) is 3. The molecule has 0 unspecified atom stereocenters. The maximum Gasteiger partial charge on any atom is 0.148 e. The number of rotatable bonds is 3. The standard InChI is InChI=1S/C11H17BrN4/c1-2-13-10-9(12)11(15-8-14-10)16-6-4-3-5-7-16/h8H,2-7H2,1H3,(H,13,14,15). The molecule has 4 nitrogen and oxygen atoms in total. The average Bonchev–Trinajstić information content (AvgIpc) is 2.33. The summed E-state index contributed by atoms with van der Waals surface area (Å²) in [6, 6.07) is 0. The van der Waals surface area contributed by atoms with Gasteiger partial charge >= 0.3 is 0 Å². The molecule has 0 spiro atoms. The van der Waals surface area contributed by atoms with E-state index in [1.54, 1.807) is 6.33 Å². The lowest BCUT2D eigenvalue weighted by Gasteiger charge is -2.28. The summed E-state index contributed by atoms with van der Waals surface area (Å²) in [5, 5.41) is 3.23. The Labute approximate surface area is 105 Å². The molecule has 1 aromatic heterocycles. The highest BCUT2D eigenvalue weighted by Crippen LogP contribution is 2.30. The van der Waals surface area contributed by atoms with E-state index in [9.17, 15) is 0 Å². The van der Waals surface area contributed by atoms with Gasteiger partial charge in [-0.2, -0.15) is 0 Å². The Hall–Kier alpha value is -0.840. The van der Waals surface area contributed by atoms with Crippen LogP contribution in [0.5, 0.6) is 0 Å². The van der Waals surface area contributed by atoms with E-state index in [4.69, 9.17) is 0 Å². The summed E-state index contributed by atoms with van der Waals surface area (Å²) in [5.41, 5.74) is 0. The number of hydrogen-bond acceptors (Lipinski definition) is 4. The van der Waals surface area contributed by atoms with Gasteiger partial charge in [-0.15, -0.1) is 0 Å². The van der Waals surface area contributed by atoms with Crippen molar-refractivity contribution in [2.24, 2.45) is 0 Å². The molecule has 0 saturated carbocycles. The van der Waals surface area contributed by atoms with Crippen molar-refractivity contribution in [2.75, 3.05) is 29.9 Å². The molecule has 1 fully saturated rings. The van der Waals surface area contributed by atoms with Crippen molar-refractivity contribution in [3.8, 4) is 0 Å². The monoisotopic (exact) mass is 284 g/mol. The molecule has 1 N–H and O–H groups in total. The predicted molar refractivity (Wildman–Crippen MR) is 70.0 cm³/mol. The van der Waals surface area contributed by atoms with Gasteiger partial charge in [-0.25, -0.2) is 9.97 Å². The molecule has 5 heteroatoms. The first-order valence-corrected chi connectivity index (χ1v) is 6.61. The van der Waals surface area contributed by atoms with Crippen molar-refractivity contribution in [1.29, 1.82) is 0 Å². The third-order valence-corrected chi connectivity index (χ3v) is 3.50. The van der Waals surface area contributed by atoms with Crippen molar-refractivity contribution < 1.29 is 0 Å². The molecule has 1 saturated heterocycles. The predicted octanol–water partition coefficient (Wildman–Crippen LogP) is 2.66. The third-order valence-electron chi connectivity index (χ3n) is 2.77. The molecule has 16 heavy (non-hydrogen) atoms. The maximum atomic E-state index is 4.37. The van der Waals surface area contributed by atoms with Crippen LogP contribution in [0.1, 0.15) is 26.2 Å². The van der Waals surface area contributed by atoms with E-state index in [2.05, 4.69) is 43.0 Å². The van der Waals surface area contributed by atoms with Crippen LogP contribution in [-0.4, -0.2) is 29.6 Å². The topological polar surface area (TPSA) is 41.1 Å². The van der Waals surface area contributed by atoms with Crippen LogP contribution in [-0.2, 0) is 0 Å². The number of aromatic nitrogens is 2. The average molecular weight is 285 g/mol. The Kier molecular flexibility index (Phi) is 3.98. The SMILES string of the molecule is CCNc1ncnc(N2CCCCC2)c1Br. The normalized spacial score (nSPS) is 16.2. The van der Waals surface area contributed by atoms with Crippen LogP contribution in [0.2, 0.25) is 0 Å². The largest absolute Gasteiger partial charge is 0.369 e. The van der Waals surface area contributed by atoms with E-state index in [1.807, 2.05) is 0 Å². The van der Waals surface area contributed by atoms with Crippen LogP contribution < -0.4 is 10.2 Å². The minimum atomic E-state index is 0.870. The minimum Gasteiger partial charge on any atom is -0.369 e. The fourth-order valence-corrected chi connectivity index (χ4v) is 2.57. The fraction of sp³-hybridized carbons (Fsp3) is 0.636. The van der Waals surface area contributed by atoms with Crippen LogP contribution in [0.25, 0.3) is 0 Å². The van der Waals surface area contributed by atoms with Crippen LogP contribution in [0.3, 0.4) is 0 Å². The summed E-state index contributed by atoms with van der Waals surface area (Å²) in [7, 11) is 0. The van der Waals surface area contributed by atoms with Gasteiger partial charge in [0.2, 0.25) is 0 Å². The second kappa shape index (κ2) is 5.48. The summed E-state index contributed by atoms with van der Waals surface area (Å²) in [6.45, 7) is 5.13. The first kappa shape index (κ1) is 11.6. The van der Waals surface area contributed by atoms with Gasteiger partial charge in [0.25, 0.3) is 0 Å². The molecule has 1 aliphatic heterocycles. The van der Waals surface area contributed by atoms with Gasteiger partial charge in [0.1, 0.15) is 22.4 Å². The summed E-state index contributed by atoms with van der Waals surface area (Å²) >= 11 is 3.59. The van der Waals surface area contributed by atoms with Crippen molar-refractivity contribution in [2.45, 2.75) is 26.2 Å². The molecule has 1 aromatic rings. The second-order valence-electron chi connectivity index (χ2n) is 3.94. The van der Waals surface area contributed by atoms with Crippen LogP contribution in [0.15, 0.2) is 10.8 Å². The van der Waals surface area contributed by atoms with Crippen LogP contribution >= 0.6 is 15.9 Å². The van der Waals surface area contributed by atoms with Gasteiger partial charge in [-0.05, 0) is 42.1 Å². The Morgan fingerprint density at radius 1 is 1.31 bits per heavy atom. The minimum absolute atomic E-state index is 0.870. The van der Waals surface area contributed by atoms with Gasteiger partial charge < -0.3 is 10.2 Å². The summed E-state index contributed by atoms with van der Waals surface area (Å²) in [4.78, 5) is 10.9. The van der Waals surface area contributed by atoms with Crippen LogP contribution in [0, 0.1) is 0 Å². The molecule has 0 aliphatic carbocycles. The highest BCUT2D eigenvalue weighted by atomic mass is 79.9. The van der Waals surface area contributed by atoms with E-state index < -0.39 is 0 Å². The summed E-state index contributed by atoms with van der Waals surface area (Å²) < 4.78 is 0.985. The Balaban J connectivity index is 2.22. The summed E-state index contributed by atoms with van der Waals surface area (Å²) in [5.74, 6) is 1.91. The molecule has 0 atom stereocenters. The number of hydrogen-bond donors (Lipinski definition) is 1. The van der Waals surface area contributed by atoms with Crippen molar-refractivity contribution in [3.63, 3.8) is 0 Å². The number of anilines is 2. The lowest BCUT2D eigenvalue weighted by atomic mass is 10.1. The first-order chi connectivity index (χ1) is 7.83. The van der Waals surface area contributed by atoms with Gasteiger partial charge in [0.05, 0.1) is 0 Å². The van der Waals surface area contributed by atoms with Gasteiger partial charge in [-0.3, -0.25) is 0 Å². The molecule has 0 amide bonds. The highest BCUT2D eigenvalue weighted by molar-refractivity contribution is 9.10. The lowest BCUT2D eigenvalue weighted by Crippen LogP contribution is -2.30. The molecule has 0 aromatic carbocycles. The van der Waals surface area contributed by atoms with E-state index in [1.165, 1.54) is 19.3 Å². The zero-order chi connectivity index (χ0) is 11.4. The second-order valence-corrected chi connectivity index (χ2v) is 4.73. The van der Waals surface area contributed by atoms with E-state index in [-0.39, 0.29) is 0 Å². The fourth-order valence-electron chi connectivity index (χ4n) is 1.98. The Morgan fingerprint density at radius 2 is 2.06 bits per heavy atom. The van der Waals surface area contributed by atoms with Crippen molar-refractivity contribution >= 4 is 27.6 Å². The quantitative estimate of drug-likeness (QED) is 0.927. The van der Waals surface area contributed by atoms with Crippen molar-refractivity contribution in [3.05, 3.63) is 10.8 Å². The number of piperidine rings is 1. The molecule has 88 valence electrons. The highest BCUT2D eigenvalue weighted by Gasteiger charge is 2.17. The third kappa shape index (κ3) is 2.45. The van der Waals surface area contributed by atoms with E-state index in [0.29, 0.717) is 0 Å². The number of halogens is 1. The summed E-state index contributed by atoms with van der Waals surface area (Å²) in [6.07, 6.45) is 5.48. The molecule has 2 heterocycles. The molecule has 2 rings (SSSR count). The van der Waals surface area contributed by atoms with Crippen molar-refractivity contribution in [1.82, 2.24) is 9.97 Å². The van der Waals surface area contributed by atoms with Gasteiger partial charge in [-0.1, -0.05) is 0 Å². The maximum absolute atomic E-state index is 4.37. The molecule has 0 bridgehead atoms. The lowest BCUT2D eigenvalue weighted by molar-refractivity contribution is 0.572. The molecule has 0 radical (unpaired) electrons. The molecule has 1 aliphatic rings.